The first kappa shape index (κ1) is 24.4. The Morgan fingerprint density at radius 1 is 1.23 bits per heavy atom. The molecule has 0 spiro atoms. The number of thioether (sulfide) groups is 1. The third-order valence-electron chi connectivity index (χ3n) is 5.31. The van der Waals surface area contributed by atoms with Crippen molar-refractivity contribution in [2.75, 3.05) is 18.9 Å². The molecule has 0 radical (unpaired) electrons. The topological polar surface area (TPSA) is 154 Å². The first-order valence-electron chi connectivity index (χ1n) is 10.1. The quantitative estimate of drug-likeness (QED) is 0.125. The number of carbonyl (C=O) groups is 4. The lowest BCUT2D eigenvalue weighted by Gasteiger charge is -2.27. The van der Waals surface area contributed by atoms with Crippen LogP contribution in [0.25, 0.3) is 0 Å². The van der Waals surface area contributed by atoms with Crippen molar-refractivity contribution in [1.82, 2.24) is 16.0 Å². The molecule has 30 heavy (non-hydrogen) atoms. The van der Waals surface area contributed by atoms with Gasteiger partial charge in [0, 0.05) is 29.4 Å². The van der Waals surface area contributed by atoms with Gasteiger partial charge < -0.3 is 30.9 Å². The van der Waals surface area contributed by atoms with Gasteiger partial charge in [0.05, 0.1) is 25.1 Å². The van der Waals surface area contributed by atoms with Gasteiger partial charge in [-0.25, -0.2) is 4.79 Å². The van der Waals surface area contributed by atoms with Crippen LogP contribution in [0.4, 0.5) is 4.79 Å². The van der Waals surface area contributed by atoms with Crippen LogP contribution in [0, 0.1) is 5.41 Å². The maximum absolute atomic E-state index is 11.8. The summed E-state index contributed by atoms with van der Waals surface area (Å²) in [6.07, 6.45) is 0.751. The number of hydrogen-bond acceptors (Lipinski definition) is 8. The van der Waals surface area contributed by atoms with Crippen LogP contribution in [0.3, 0.4) is 0 Å². The van der Waals surface area contributed by atoms with Crippen molar-refractivity contribution >= 4 is 35.6 Å². The summed E-state index contributed by atoms with van der Waals surface area (Å²) in [5.41, 5.74) is -1.00. The Labute approximate surface area is 179 Å². The molecular weight excluding hydrogens is 414 g/mol. The van der Waals surface area contributed by atoms with E-state index in [0.717, 1.165) is 18.6 Å². The Morgan fingerprint density at radius 3 is 2.63 bits per heavy atom. The molecule has 2 rings (SSSR count). The number of esters is 2. The Balaban J connectivity index is 1.55. The third kappa shape index (κ3) is 6.85. The molecule has 0 bridgehead atoms. The van der Waals surface area contributed by atoms with Crippen molar-refractivity contribution in [3.05, 3.63) is 0 Å². The van der Waals surface area contributed by atoms with Crippen molar-refractivity contribution in [2.24, 2.45) is 5.41 Å². The molecule has 4 atom stereocenters. The van der Waals surface area contributed by atoms with Gasteiger partial charge in [-0.15, -0.1) is 0 Å². The fourth-order valence-corrected chi connectivity index (χ4v) is 4.86. The maximum Gasteiger partial charge on any atom is 0.315 e. The minimum absolute atomic E-state index is 0.0786. The number of aliphatic hydroxyl groups is 2. The molecule has 2 heterocycles. The van der Waals surface area contributed by atoms with Crippen molar-refractivity contribution in [1.29, 1.82) is 0 Å². The number of aliphatic hydroxyl groups excluding tert-OH is 2. The molecule has 2 aliphatic heterocycles. The summed E-state index contributed by atoms with van der Waals surface area (Å²) >= 11 is 1.81. The standard InChI is InChI=1S/C19H31N3O7S/c1-19(2,10-23)16(26)17(27)20-8-7-14(25)29-13(24)6-4-3-5-12-15-11(9-30-12)21-18(28)22-15/h11-12,15-16,23,26H,3-10H2,1-2H3,(H,20,27)(H2,21,22,28)/t11-,12-,15-,16-/m0/s1. The van der Waals surface area contributed by atoms with Crippen LogP contribution >= 0.6 is 11.8 Å². The van der Waals surface area contributed by atoms with Crippen molar-refractivity contribution in [3.8, 4) is 0 Å². The molecule has 3 amide bonds. The van der Waals surface area contributed by atoms with Gasteiger partial charge in [0.2, 0.25) is 5.91 Å². The molecule has 170 valence electrons. The number of rotatable bonds is 11. The summed E-state index contributed by atoms with van der Waals surface area (Å²) in [7, 11) is 0. The second-order valence-electron chi connectivity index (χ2n) is 8.30. The zero-order valence-electron chi connectivity index (χ0n) is 17.3. The normalized spacial score (nSPS) is 23.9. The zero-order chi connectivity index (χ0) is 22.3. The fourth-order valence-electron chi connectivity index (χ4n) is 3.31. The van der Waals surface area contributed by atoms with Gasteiger partial charge in [0.15, 0.2) is 0 Å². The van der Waals surface area contributed by atoms with E-state index >= 15 is 0 Å². The van der Waals surface area contributed by atoms with Gasteiger partial charge in [-0.1, -0.05) is 20.3 Å². The number of nitrogens with one attached hydrogen (secondary N) is 3. The average molecular weight is 446 g/mol. The molecule has 0 aromatic heterocycles. The van der Waals surface area contributed by atoms with E-state index in [1.165, 1.54) is 13.8 Å². The summed E-state index contributed by atoms with van der Waals surface area (Å²) in [6, 6.07) is 0.180. The number of fused-ring (bicyclic) bond motifs is 1. The first-order valence-corrected chi connectivity index (χ1v) is 11.2. The highest BCUT2D eigenvalue weighted by Gasteiger charge is 2.42. The van der Waals surface area contributed by atoms with Crippen LogP contribution < -0.4 is 16.0 Å². The average Bonchev–Trinajstić information content (AvgIpc) is 3.23. The van der Waals surface area contributed by atoms with Gasteiger partial charge in [0.1, 0.15) is 6.10 Å². The number of carbonyl (C=O) groups excluding carboxylic acids is 4. The summed E-state index contributed by atoms with van der Waals surface area (Å²) in [5, 5.41) is 27.5. The lowest BCUT2D eigenvalue weighted by Crippen LogP contribution is -2.46. The fraction of sp³-hybridized carbons (Fsp3) is 0.789. The number of urea groups is 1. The number of unbranched alkanes of at least 4 members (excludes halogenated alkanes) is 1. The van der Waals surface area contributed by atoms with E-state index in [9.17, 15) is 24.3 Å². The van der Waals surface area contributed by atoms with Crippen LogP contribution in [-0.2, 0) is 19.1 Å². The SMILES string of the molecule is CC(C)(CO)[C@@H](O)C(=O)NCCC(=O)OC(=O)CCCC[C@@H]1SC[C@@H]2NC(=O)N[C@@H]21. The van der Waals surface area contributed by atoms with Crippen molar-refractivity contribution < 1.29 is 34.1 Å². The molecule has 10 nitrogen and oxygen atoms in total. The van der Waals surface area contributed by atoms with Gasteiger partial charge in [-0.3, -0.25) is 14.4 Å². The highest BCUT2D eigenvalue weighted by molar-refractivity contribution is 8.00. The molecule has 11 heteroatoms. The van der Waals surface area contributed by atoms with Gasteiger partial charge in [-0.05, 0) is 12.8 Å². The van der Waals surface area contributed by atoms with E-state index in [0.29, 0.717) is 11.7 Å². The molecule has 5 N–H and O–H groups in total. The Morgan fingerprint density at radius 2 is 1.93 bits per heavy atom. The van der Waals surface area contributed by atoms with Crippen LogP contribution in [0.5, 0.6) is 0 Å². The Hall–Kier alpha value is -1.85. The van der Waals surface area contributed by atoms with Gasteiger partial charge >= 0.3 is 18.0 Å². The minimum atomic E-state index is -1.42. The van der Waals surface area contributed by atoms with E-state index in [2.05, 4.69) is 16.0 Å². The predicted molar refractivity (Wildman–Crippen MR) is 110 cm³/mol. The summed E-state index contributed by atoms with van der Waals surface area (Å²) in [5.74, 6) is -1.17. The molecule has 2 aliphatic rings. The van der Waals surface area contributed by atoms with E-state index in [1.54, 1.807) is 0 Å². The largest absolute Gasteiger partial charge is 0.396 e. The first-order chi connectivity index (χ1) is 14.1. The predicted octanol–water partition coefficient (Wildman–Crippen LogP) is -0.332. The minimum Gasteiger partial charge on any atom is -0.396 e. The van der Waals surface area contributed by atoms with Crippen molar-refractivity contribution in [3.63, 3.8) is 0 Å². The third-order valence-corrected chi connectivity index (χ3v) is 6.82. The molecule has 2 saturated heterocycles. The summed E-state index contributed by atoms with van der Waals surface area (Å²) in [6.45, 7) is 2.62. The van der Waals surface area contributed by atoms with E-state index in [-0.39, 0.29) is 44.1 Å². The second kappa shape index (κ2) is 11.0. The number of ether oxygens (including phenoxy) is 1. The second-order valence-corrected chi connectivity index (χ2v) is 9.58. The summed E-state index contributed by atoms with van der Waals surface area (Å²) < 4.78 is 4.73. The lowest BCUT2D eigenvalue weighted by molar-refractivity contribution is -0.159. The Bertz CT molecular complexity index is 658. The molecule has 0 aromatic carbocycles. The highest BCUT2D eigenvalue weighted by Crippen LogP contribution is 2.33. The number of hydrogen-bond donors (Lipinski definition) is 5. The van der Waals surface area contributed by atoms with Crippen molar-refractivity contribution in [2.45, 2.75) is 69.4 Å². The van der Waals surface area contributed by atoms with Gasteiger partial charge in [-0.2, -0.15) is 11.8 Å². The molecule has 0 unspecified atom stereocenters. The molecular formula is C19H31N3O7S. The maximum atomic E-state index is 11.8. The lowest BCUT2D eigenvalue weighted by atomic mass is 9.87. The van der Waals surface area contributed by atoms with E-state index in [1.807, 2.05) is 11.8 Å². The van der Waals surface area contributed by atoms with Crippen LogP contribution in [0.2, 0.25) is 0 Å². The van der Waals surface area contributed by atoms with Crippen LogP contribution in [0.15, 0.2) is 0 Å². The molecule has 2 fully saturated rings. The Kier molecular flexibility index (Phi) is 8.92. The van der Waals surface area contributed by atoms with Gasteiger partial charge in [0.25, 0.3) is 0 Å². The monoisotopic (exact) mass is 445 g/mol. The molecule has 0 aromatic rings. The van der Waals surface area contributed by atoms with E-state index in [4.69, 9.17) is 9.84 Å². The van der Waals surface area contributed by atoms with E-state index < -0.39 is 29.4 Å². The molecule has 0 aliphatic carbocycles. The highest BCUT2D eigenvalue weighted by atomic mass is 32.2. The number of amides is 3. The smallest absolute Gasteiger partial charge is 0.315 e. The summed E-state index contributed by atoms with van der Waals surface area (Å²) in [4.78, 5) is 46.6. The van der Waals surface area contributed by atoms with Crippen LogP contribution in [0.1, 0.15) is 46.0 Å². The molecule has 0 saturated carbocycles. The van der Waals surface area contributed by atoms with Crippen LogP contribution in [-0.4, -0.2) is 76.4 Å². The zero-order valence-corrected chi connectivity index (χ0v) is 18.1.